The van der Waals surface area contributed by atoms with Crippen LogP contribution in [0.4, 0.5) is 5.69 Å². The number of nitro groups is 1. The van der Waals surface area contributed by atoms with Crippen molar-refractivity contribution in [3.63, 3.8) is 0 Å². The van der Waals surface area contributed by atoms with Crippen LogP contribution in [0.5, 0.6) is 5.75 Å². The summed E-state index contributed by atoms with van der Waals surface area (Å²) in [5, 5.41) is 30.8. The average Bonchev–Trinajstić information content (AvgIpc) is 2.65. The number of nitro benzene ring substituents is 1. The molecule has 0 spiro atoms. The quantitative estimate of drug-likeness (QED) is 0.287. The fourth-order valence-corrected chi connectivity index (χ4v) is 3.74. The summed E-state index contributed by atoms with van der Waals surface area (Å²) in [5.41, 5.74) is 0.0359. The molecule has 0 aliphatic heterocycles. The molecule has 1 aromatic carbocycles. The van der Waals surface area contributed by atoms with Gasteiger partial charge in [-0.15, -0.1) is 0 Å². The Bertz CT molecular complexity index is 671. The fraction of sp³-hybridized carbons (Fsp3) is 0.650. The second-order valence-electron chi connectivity index (χ2n) is 7.33. The van der Waals surface area contributed by atoms with Crippen LogP contribution in [-0.4, -0.2) is 44.8 Å². The zero-order valence-corrected chi connectivity index (χ0v) is 16.5. The molecule has 2 unspecified atom stereocenters. The predicted octanol–water partition coefficient (Wildman–Crippen LogP) is 3.31. The van der Waals surface area contributed by atoms with E-state index in [1.807, 2.05) is 0 Å². The van der Waals surface area contributed by atoms with Crippen LogP contribution < -0.4 is 4.74 Å². The molecule has 1 aliphatic rings. The summed E-state index contributed by atoms with van der Waals surface area (Å²) in [7, 11) is 0. The molecule has 2 N–H and O–H groups in total. The number of aliphatic hydroxyl groups is 2. The third-order valence-corrected chi connectivity index (χ3v) is 5.11. The monoisotopic (exact) mass is 394 g/mol. The van der Waals surface area contributed by atoms with E-state index >= 15 is 0 Å². The van der Waals surface area contributed by atoms with Crippen molar-refractivity contribution in [2.24, 2.45) is 0 Å². The number of carbonyl (C=O) groups is 1. The third-order valence-electron chi connectivity index (χ3n) is 5.11. The predicted molar refractivity (Wildman–Crippen MR) is 104 cm³/mol. The number of hydrogen-bond acceptors (Lipinski definition) is 6. The lowest BCUT2D eigenvalue weighted by molar-refractivity contribution is -0.386. The number of nitrogens with zero attached hydrogens (tertiary/aromatic N) is 2. The first kappa shape index (κ1) is 22.1. The van der Waals surface area contributed by atoms with Crippen molar-refractivity contribution in [3.8, 4) is 5.75 Å². The molecule has 2 atom stereocenters. The van der Waals surface area contributed by atoms with E-state index in [2.05, 4.69) is 0 Å². The molecule has 0 aromatic heterocycles. The van der Waals surface area contributed by atoms with E-state index in [4.69, 9.17) is 4.74 Å². The van der Waals surface area contributed by atoms with Gasteiger partial charge in [0, 0.05) is 18.5 Å². The van der Waals surface area contributed by atoms with E-state index in [-0.39, 0.29) is 36.2 Å². The summed E-state index contributed by atoms with van der Waals surface area (Å²) in [6.45, 7) is 3.35. The molecule has 156 valence electrons. The second kappa shape index (κ2) is 10.4. The number of rotatable bonds is 9. The highest BCUT2D eigenvalue weighted by atomic mass is 16.6. The van der Waals surface area contributed by atoms with E-state index in [1.54, 1.807) is 11.8 Å². The van der Waals surface area contributed by atoms with Crippen LogP contribution in [0.1, 0.15) is 70.5 Å². The van der Waals surface area contributed by atoms with Gasteiger partial charge in [0.05, 0.1) is 23.2 Å². The number of ether oxygens (including phenoxy) is 1. The Hall–Kier alpha value is -2.19. The minimum absolute atomic E-state index is 0.0844. The Morgan fingerprint density at radius 1 is 1.29 bits per heavy atom. The van der Waals surface area contributed by atoms with Gasteiger partial charge in [-0.05, 0) is 45.2 Å². The second-order valence-corrected chi connectivity index (χ2v) is 7.33. The Morgan fingerprint density at radius 2 is 1.96 bits per heavy atom. The summed E-state index contributed by atoms with van der Waals surface area (Å²) < 4.78 is 5.60. The number of aliphatic hydroxyl groups excluding tert-OH is 2. The minimum atomic E-state index is -0.986. The molecule has 0 heterocycles. The lowest BCUT2D eigenvalue weighted by Gasteiger charge is -2.36. The standard InChI is InChI=1S/C20H30N2O6/c1-14(23)18-13-17(10-11-19(18)22(26)27)28-12-6-9-20(25)21(15(2)24)16-7-4-3-5-8-16/h10-11,13-16,23-24H,3-9,12H2,1-2H3. The summed E-state index contributed by atoms with van der Waals surface area (Å²) >= 11 is 0. The molecule has 1 saturated carbocycles. The molecule has 1 aliphatic carbocycles. The number of amides is 1. The molecule has 2 rings (SSSR count). The lowest BCUT2D eigenvalue weighted by atomic mass is 9.93. The van der Waals surface area contributed by atoms with Crippen LogP contribution in [0.25, 0.3) is 0 Å². The molecular formula is C20H30N2O6. The average molecular weight is 394 g/mol. The van der Waals surface area contributed by atoms with Gasteiger partial charge in [-0.1, -0.05) is 19.3 Å². The van der Waals surface area contributed by atoms with Crippen molar-refractivity contribution in [2.75, 3.05) is 6.61 Å². The Kier molecular flexibility index (Phi) is 8.19. The topological polar surface area (TPSA) is 113 Å². The molecule has 0 saturated heterocycles. The zero-order chi connectivity index (χ0) is 20.7. The van der Waals surface area contributed by atoms with Gasteiger partial charge >= 0.3 is 0 Å². The normalized spacial score (nSPS) is 17.0. The van der Waals surface area contributed by atoms with E-state index in [9.17, 15) is 25.1 Å². The van der Waals surface area contributed by atoms with Crippen LogP contribution in [0.15, 0.2) is 18.2 Å². The number of hydrogen-bond donors (Lipinski definition) is 2. The van der Waals surface area contributed by atoms with Crippen molar-refractivity contribution in [3.05, 3.63) is 33.9 Å². The van der Waals surface area contributed by atoms with Crippen LogP contribution in [-0.2, 0) is 4.79 Å². The summed E-state index contributed by atoms with van der Waals surface area (Å²) in [4.78, 5) is 24.6. The maximum absolute atomic E-state index is 12.6. The highest BCUT2D eigenvalue weighted by Gasteiger charge is 2.28. The first-order valence-electron chi connectivity index (χ1n) is 9.89. The van der Waals surface area contributed by atoms with E-state index in [1.165, 1.54) is 31.5 Å². The first-order valence-corrected chi connectivity index (χ1v) is 9.89. The van der Waals surface area contributed by atoms with E-state index in [0.29, 0.717) is 12.2 Å². The lowest BCUT2D eigenvalue weighted by Crippen LogP contribution is -2.46. The molecule has 1 aromatic rings. The summed E-state index contributed by atoms with van der Waals surface area (Å²) in [5.74, 6) is 0.326. The summed E-state index contributed by atoms with van der Waals surface area (Å²) in [6, 6.07) is 4.34. The summed E-state index contributed by atoms with van der Waals surface area (Å²) in [6.07, 6.45) is 4.13. The maximum atomic E-state index is 12.6. The van der Waals surface area contributed by atoms with Gasteiger partial charge in [-0.25, -0.2) is 0 Å². The molecule has 8 heteroatoms. The van der Waals surface area contributed by atoms with Gasteiger partial charge in [0.1, 0.15) is 12.0 Å². The van der Waals surface area contributed by atoms with Crippen molar-refractivity contribution in [1.82, 2.24) is 4.90 Å². The SMILES string of the molecule is CC(O)c1cc(OCCCC(=O)N(C(C)O)C2CCCCC2)ccc1[N+](=O)[O-]. The highest BCUT2D eigenvalue weighted by molar-refractivity contribution is 5.76. The number of benzene rings is 1. The van der Waals surface area contributed by atoms with Gasteiger partial charge in [0.2, 0.25) is 5.91 Å². The smallest absolute Gasteiger partial charge is 0.275 e. The zero-order valence-electron chi connectivity index (χ0n) is 16.5. The van der Waals surface area contributed by atoms with E-state index in [0.717, 1.165) is 25.7 Å². The first-order chi connectivity index (χ1) is 13.3. The van der Waals surface area contributed by atoms with Crippen molar-refractivity contribution < 1.29 is 24.7 Å². The van der Waals surface area contributed by atoms with Gasteiger partial charge in [-0.2, -0.15) is 0 Å². The Labute approximate surface area is 165 Å². The Morgan fingerprint density at radius 3 is 2.54 bits per heavy atom. The molecule has 8 nitrogen and oxygen atoms in total. The van der Waals surface area contributed by atoms with Gasteiger partial charge < -0.3 is 19.8 Å². The minimum Gasteiger partial charge on any atom is -0.494 e. The van der Waals surface area contributed by atoms with Crippen LogP contribution in [0, 0.1) is 10.1 Å². The number of carbonyl (C=O) groups excluding carboxylic acids is 1. The fourth-order valence-electron chi connectivity index (χ4n) is 3.74. The van der Waals surface area contributed by atoms with Crippen LogP contribution >= 0.6 is 0 Å². The van der Waals surface area contributed by atoms with Crippen molar-refractivity contribution in [2.45, 2.75) is 77.2 Å². The van der Waals surface area contributed by atoms with E-state index < -0.39 is 17.3 Å². The van der Waals surface area contributed by atoms with Crippen LogP contribution in [0.2, 0.25) is 0 Å². The largest absolute Gasteiger partial charge is 0.494 e. The van der Waals surface area contributed by atoms with Gasteiger partial charge in [0.25, 0.3) is 5.69 Å². The maximum Gasteiger partial charge on any atom is 0.275 e. The molecule has 0 bridgehead atoms. The molecule has 28 heavy (non-hydrogen) atoms. The highest BCUT2D eigenvalue weighted by Crippen LogP contribution is 2.29. The Balaban J connectivity index is 1.88. The molecule has 0 radical (unpaired) electrons. The van der Waals surface area contributed by atoms with Crippen molar-refractivity contribution in [1.29, 1.82) is 0 Å². The van der Waals surface area contributed by atoms with Crippen LogP contribution in [0.3, 0.4) is 0 Å². The van der Waals surface area contributed by atoms with Gasteiger partial charge in [-0.3, -0.25) is 14.9 Å². The molecule has 1 amide bonds. The molecule has 1 fully saturated rings. The third kappa shape index (κ3) is 5.90. The van der Waals surface area contributed by atoms with Crippen molar-refractivity contribution >= 4 is 11.6 Å². The van der Waals surface area contributed by atoms with Gasteiger partial charge in [0.15, 0.2) is 0 Å². The molecular weight excluding hydrogens is 364 g/mol.